The van der Waals surface area contributed by atoms with Crippen LogP contribution in [0.1, 0.15) is 99.7 Å². The number of pyridine rings is 1. The van der Waals surface area contributed by atoms with Crippen molar-refractivity contribution in [3.8, 4) is 0 Å². The van der Waals surface area contributed by atoms with E-state index in [4.69, 9.17) is 9.97 Å². The van der Waals surface area contributed by atoms with E-state index in [1.807, 2.05) is 32.0 Å². The fourth-order valence-electron chi connectivity index (χ4n) is 8.06. The van der Waals surface area contributed by atoms with Gasteiger partial charge in [0.25, 0.3) is 5.91 Å². The highest BCUT2D eigenvalue weighted by Gasteiger charge is 2.32. The molecule has 3 aromatic rings. The number of piperazine rings is 1. The molecule has 288 valence electrons. The van der Waals surface area contributed by atoms with Crippen molar-refractivity contribution in [3.63, 3.8) is 0 Å². The lowest BCUT2D eigenvalue weighted by Gasteiger charge is -2.43. The number of anilines is 5. The van der Waals surface area contributed by atoms with E-state index < -0.39 is 0 Å². The molecule has 0 spiro atoms. The van der Waals surface area contributed by atoms with Crippen LogP contribution in [0.4, 0.5) is 29.0 Å². The largest absolute Gasteiger partial charge is 0.369 e. The zero-order valence-electron chi connectivity index (χ0n) is 32.0. The number of amides is 3. The minimum absolute atomic E-state index is 0.168. The Morgan fingerprint density at radius 2 is 1.69 bits per heavy atom. The van der Waals surface area contributed by atoms with Crippen LogP contribution in [0.25, 0.3) is 0 Å². The van der Waals surface area contributed by atoms with Gasteiger partial charge in [-0.05, 0) is 87.3 Å². The number of carbonyl (C=O) groups is 3. The first-order valence-corrected chi connectivity index (χ1v) is 19.9. The zero-order chi connectivity index (χ0) is 38.0. The number of nitrogens with one attached hydrogen (secondary N) is 5. The summed E-state index contributed by atoms with van der Waals surface area (Å²) in [4.78, 5) is 55.8. The minimum Gasteiger partial charge on any atom is -0.369 e. The molecule has 0 bridgehead atoms. The second kappa shape index (κ2) is 18.4. The summed E-state index contributed by atoms with van der Waals surface area (Å²) in [6.07, 6.45) is 11.7. The van der Waals surface area contributed by atoms with Crippen LogP contribution in [0.5, 0.6) is 0 Å². The van der Waals surface area contributed by atoms with E-state index in [0.29, 0.717) is 60.5 Å². The third-order valence-corrected chi connectivity index (χ3v) is 11.0. The minimum atomic E-state index is -0.291. The van der Waals surface area contributed by atoms with Crippen LogP contribution in [0.15, 0.2) is 55.3 Å². The Kier molecular flexibility index (Phi) is 13.3. The van der Waals surface area contributed by atoms with E-state index >= 15 is 0 Å². The van der Waals surface area contributed by atoms with Gasteiger partial charge in [-0.15, -0.1) is 6.58 Å². The van der Waals surface area contributed by atoms with E-state index in [2.05, 4.69) is 73.1 Å². The molecule has 2 aliphatic heterocycles. The van der Waals surface area contributed by atoms with Crippen molar-refractivity contribution in [2.45, 2.75) is 103 Å². The topological polar surface area (TPSA) is 157 Å². The van der Waals surface area contributed by atoms with E-state index in [1.165, 1.54) is 17.4 Å². The van der Waals surface area contributed by atoms with Crippen LogP contribution in [-0.2, 0) is 16.0 Å². The Hall–Kier alpha value is -4.88. The van der Waals surface area contributed by atoms with Crippen LogP contribution in [0.2, 0.25) is 0 Å². The van der Waals surface area contributed by atoms with Crippen LogP contribution >= 0.6 is 0 Å². The Morgan fingerprint density at radius 1 is 0.926 bits per heavy atom. The lowest BCUT2D eigenvalue weighted by Crippen LogP contribution is -2.55. The van der Waals surface area contributed by atoms with Gasteiger partial charge in [-0.3, -0.25) is 24.6 Å². The standard InChI is InChI=1S/C39H50N10O3.C2H6/c1-3-19-40-37(51)31-24-41-39(47-36(31)45-33-17-7-26-6-5-25(4-2)35(26)44-33)43-28-10-14-30(15-11-28)49-22-20-48(21-23-49)29-12-8-27(9-13-29)42-32-16-18-34(50)46-38(32)52;1-2/h3,7,10-11,14-15,17,24-25,27,29,32,42H,1,4-6,8-9,12-13,16,18-23H2,2H3,(H,40,51)(H,46,50,52)(H2,41,43,44,45,47);1-2H3. The van der Waals surface area contributed by atoms with Crippen LogP contribution in [0.3, 0.4) is 0 Å². The molecular formula is C41H56N10O3. The predicted molar refractivity (Wildman–Crippen MR) is 214 cm³/mol. The highest BCUT2D eigenvalue weighted by atomic mass is 16.2. The van der Waals surface area contributed by atoms with Crippen LogP contribution in [-0.4, -0.2) is 88.4 Å². The quantitative estimate of drug-likeness (QED) is 0.117. The number of rotatable bonds is 12. The van der Waals surface area contributed by atoms with Gasteiger partial charge in [0.05, 0.1) is 6.04 Å². The molecule has 13 heteroatoms. The van der Waals surface area contributed by atoms with Crippen molar-refractivity contribution in [3.05, 3.63) is 72.1 Å². The predicted octanol–water partition coefficient (Wildman–Crippen LogP) is 5.57. The number of fused-ring (bicyclic) bond motifs is 1. The summed E-state index contributed by atoms with van der Waals surface area (Å²) in [5.74, 6) is 1.22. The fourth-order valence-corrected chi connectivity index (χ4v) is 8.06. The maximum Gasteiger partial charge on any atom is 0.256 e. The summed E-state index contributed by atoms with van der Waals surface area (Å²) in [5.41, 5.74) is 4.77. The molecule has 13 nitrogen and oxygen atoms in total. The fraction of sp³-hybridized carbons (Fsp3) is 0.512. The van der Waals surface area contributed by atoms with Gasteiger partial charge in [-0.2, -0.15) is 4.98 Å². The summed E-state index contributed by atoms with van der Waals surface area (Å²) < 4.78 is 0. The van der Waals surface area contributed by atoms with E-state index in [-0.39, 0.29) is 23.8 Å². The highest BCUT2D eigenvalue weighted by Crippen LogP contribution is 2.35. The van der Waals surface area contributed by atoms with Gasteiger partial charge in [0.15, 0.2) is 0 Å². The lowest BCUT2D eigenvalue weighted by molar-refractivity contribution is -0.135. The van der Waals surface area contributed by atoms with Gasteiger partial charge in [0.1, 0.15) is 17.2 Å². The first-order valence-electron chi connectivity index (χ1n) is 19.9. The van der Waals surface area contributed by atoms with Crippen molar-refractivity contribution in [2.75, 3.05) is 48.3 Å². The third-order valence-electron chi connectivity index (χ3n) is 11.0. The van der Waals surface area contributed by atoms with Gasteiger partial charge < -0.3 is 26.2 Å². The SMILES string of the molecule is C=CCNC(=O)c1cnc(Nc2ccc(N3CCN(C4CCC(NC5CCC(=O)NC5=O)CC4)CC3)cc2)nc1Nc1ccc2c(n1)C(CC)CC2.CC. The maximum absolute atomic E-state index is 13.0. The average molecular weight is 737 g/mol. The van der Waals surface area contributed by atoms with Crippen molar-refractivity contribution >= 4 is 46.7 Å². The molecular weight excluding hydrogens is 681 g/mol. The normalized spacial score (nSPS) is 22.7. The molecule has 3 fully saturated rings. The molecule has 1 aromatic carbocycles. The Bertz CT molecular complexity index is 1770. The van der Waals surface area contributed by atoms with Gasteiger partial charge in [0.2, 0.25) is 17.8 Å². The number of aromatic nitrogens is 3. The third kappa shape index (κ3) is 9.43. The number of nitrogens with zero attached hydrogens (tertiary/aromatic N) is 5. The van der Waals surface area contributed by atoms with Crippen LogP contribution in [0, 0.1) is 0 Å². The molecule has 0 radical (unpaired) electrons. The number of piperidine rings is 1. The van der Waals surface area contributed by atoms with Gasteiger partial charge in [-0.25, -0.2) is 9.97 Å². The number of benzene rings is 1. The molecule has 2 saturated heterocycles. The zero-order valence-corrected chi connectivity index (χ0v) is 32.0. The smallest absolute Gasteiger partial charge is 0.256 e. The Balaban J connectivity index is 0.00000245. The van der Waals surface area contributed by atoms with Crippen molar-refractivity contribution in [2.24, 2.45) is 0 Å². The first kappa shape index (κ1) is 38.8. The number of hydrogen-bond donors (Lipinski definition) is 5. The number of imide groups is 1. The lowest BCUT2D eigenvalue weighted by atomic mass is 9.88. The van der Waals surface area contributed by atoms with Crippen LogP contribution < -0.4 is 31.5 Å². The molecule has 2 aliphatic carbocycles. The van der Waals surface area contributed by atoms with Crippen molar-refractivity contribution in [1.29, 1.82) is 0 Å². The second-order valence-electron chi connectivity index (χ2n) is 14.3. The molecule has 4 heterocycles. The molecule has 2 unspecified atom stereocenters. The summed E-state index contributed by atoms with van der Waals surface area (Å²) >= 11 is 0. The van der Waals surface area contributed by atoms with Crippen molar-refractivity contribution < 1.29 is 14.4 Å². The molecule has 2 aromatic heterocycles. The number of aryl methyl sites for hydroxylation is 1. The summed E-state index contributed by atoms with van der Waals surface area (Å²) in [6.45, 7) is 14.2. The molecule has 7 rings (SSSR count). The van der Waals surface area contributed by atoms with E-state index in [9.17, 15) is 14.4 Å². The maximum atomic E-state index is 13.0. The molecule has 4 aliphatic rings. The molecule has 1 saturated carbocycles. The molecule has 5 N–H and O–H groups in total. The van der Waals surface area contributed by atoms with Crippen molar-refractivity contribution in [1.82, 2.24) is 35.8 Å². The summed E-state index contributed by atoms with van der Waals surface area (Å²) in [7, 11) is 0. The molecule has 2 atom stereocenters. The van der Waals surface area contributed by atoms with E-state index in [0.717, 1.165) is 82.5 Å². The average Bonchev–Trinajstić information content (AvgIpc) is 3.62. The number of hydrogen-bond acceptors (Lipinski definition) is 11. The number of carbonyl (C=O) groups excluding carboxylic acids is 3. The highest BCUT2D eigenvalue weighted by molar-refractivity contribution is 6.00. The summed E-state index contributed by atoms with van der Waals surface area (Å²) in [5, 5.41) is 15.4. The summed E-state index contributed by atoms with van der Waals surface area (Å²) in [6, 6.07) is 13.0. The second-order valence-corrected chi connectivity index (χ2v) is 14.3. The monoisotopic (exact) mass is 736 g/mol. The van der Waals surface area contributed by atoms with Gasteiger partial charge >= 0.3 is 0 Å². The Morgan fingerprint density at radius 3 is 2.39 bits per heavy atom. The Labute approximate surface area is 319 Å². The molecule has 3 amide bonds. The van der Waals surface area contributed by atoms with E-state index in [1.54, 1.807) is 6.08 Å². The molecule has 54 heavy (non-hydrogen) atoms. The first-order chi connectivity index (χ1) is 26.4. The van der Waals surface area contributed by atoms with Gasteiger partial charge in [-0.1, -0.05) is 32.9 Å². The van der Waals surface area contributed by atoms with Gasteiger partial charge in [0, 0.05) is 80.4 Å².